The highest BCUT2D eigenvalue weighted by atomic mass is 32.1. The molecule has 15 heavy (non-hydrogen) atoms. The van der Waals surface area contributed by atoms with Gasteiger partial charge in [-0.2, -0.15) is 0 Å². The molecule has 0 radical (unpaired) electrons. The van der Waals surface area contributed by atoms with Crippen molar-refractivity contribution >= 4 is 23.1 Å². The Kier molecular flexibility index (Phi) is 2.39. The van der Waals surface area contributed by atoms with Gasteiger partial charge in [0.15, 0.2) is 0 Å². The summed E-state index contributed by atoms with van der Waals surface area (Å²) < 4.78 is 3.14. The second-order valence-electron chi connectivity index (χ2n) is 4.15. The van der Waals surface area contributed by atoms with E-state index in [9.17, 15) is 0 Å². The molecular formula is C13H15NS. The summed E-state index contributed by atoms with van der Waals surface area (Å²) in [5.74, 6) is 0. The topological polar surface area (TPSA) is 4.93 Å². The van der Waals surface area contributed by atoms with Gasteiger partial charge in [0.2, 0.25) is 0 Å². The standard InChI is InChI=1S/C13H15NS/c1-8-5-6-11-12(10(8)3)13(15)9(2)7-14(11)4/h5-7H,1-4H3. The molecule has 0 aliphatic carbocycles. The molecule has 0 saturated carbocycles. The summed E-state index contributed by atoms with van der Waals surface area (Å²) in [6, 6.07) is 4.30. The first-order valence-electron chi connectivity index (χ1n) is 5.08. The molecule has 0 saturated heterocycles. The Balaban J connectivity index is 3.12. The van der Waals surface area contributed by atoms with Crippen LogP contribution in [0.5, 0.6) is 0 Å². The molecule has 0 atom stereocenters. The van der Waals surface area contributed by atoms with Crippen molar-refractivity contribution in [3.63, 3.8) is 0 Å². The lowest BCUT2D eigenvalue weighted by Crippen LogP contribution is -1.97. The van der Waals surface area contributed by atoms with Crippen LogP contribution in [0.3, 0.4) is 0 Å². The molecular weight excluding hydrogens is 202 g/mol. The average molecular weight is 217 g/mol. The fourth-order valence-corrected chi connectivity index (χ4v) is 2.31. The third-order valence-corrected chi connectivity index (χ3v) is 3.59. The Bertz CT molecular complexity index is 593. The third kappa shape index (κ3) is 1.49. The molecule has 0 N–H and O–H groups in total. The summed E-state index contributed by atoms with van der Waals surface area (Å²) in [6.07, 6.45) is 2.10. The Morgan fingerprint density at radius 3 is 2.40 bits per heavy atom. The summed E-state index contributed by atoms with van der Waals surface area (Å²) in [4.78, 5) is 0. The van der Waals surface area contributed by atoms with Crippen LogP contribution < -0.4 is 0 Å². The molecule has 0 aliphatic heterocycles. The van der Waals surface area contributed by atoms with Crippen LogP contribution >= 0.6 is 12.2 Å². The van der Waals surface area contributed by atoms with Crippen LogP contribution in [0.1, 0.15) is 16.7 Å². The second-order valence-corrected chi connectivity index (χ2v) is 4.56. The smallest absolute Gasteiger partial charge is 0.0516 e. The first-order chi connectivity index (χ1) is 7.02. The molecule has 1 nitrogen and oxygen atoms in total. The van der Waals surface area contributed by atoms with Gasteiger partial charge in [-0.3, -0.25) is 0 Å². The summed E-state index contributed by atoms with van der Waals surface area (Å²) in [7, 11) is 2.07. The monoisotopic (exact) mass is 217 g/mol. The zero-order chi connectivity index (χ0) is 11.2. The largest absolute Gasteiger partial charge is 0.350 e. The third-order valence-electron chi connectivity index (χ3n) is 3.07. The number of benzene rings is 1. The molecule has 2 rings (SSSR count). The lowest BCUT2D eigenvalue weighted by Gasteiger charge is -2.11. The quantitative estimate of drug-likeness (QED) is 0.607. The van der Waals surface area contributed by atoms with Gasteiger partial charge in [-0.05, 0) is 43.5 Å². The van der Waals surface area contributed by atoms with Crippen LogP contribution in [-0.4, -0.2) is 4.57 Å². The van der Waals surface area contributed by atoms with Crippen molar-refractivity contribution in [1.82, 2.24) is 4.57 Å². The van der Waals surface area contributed by atoms with E-state index in [2.05, 4.69) is 50.7 Å². The number of rotatable bonds is 0. The summed E-state index contributed by atoms with van der Waals surface area (Å²) >= 11 is 5.49. The minimum atomic E-state index is 0.990. The molecule has 0 spiro atoms. The zero-order valence-electron chi connectivity index (χ0n) is 9.59. The normalized spacial score (nSPS) is 10.9. The Morgan fingerprint density at radius 1 is 1.07 bits per heavy atom. The molecule has 2 aromatic rings. The maximum Gasteiger partial charge on any atom is 0.0516 e. The molecule has 0 bridgehead atoms. The number of pyridine rings is 1. The van der Waals surface area contributed by atoms with Gasteiger partial charge in [-0.1, -0.05) is 18.3 Å². The van der Waals surface area contributed by atoms with E-state index in [4.69, 9.17) is 12.2 Å². The molecule has 0 amide bonds. The predicted molar refractivity (Wildman–Crippen MR) is 68.0 cm³/mol. The van der Waals surface area contributed by atoms with Crippen molar-refractivity contribution in [2.45, 2.75) is 20.8 Å². The van der Waals surface area contributed by atoms with Crippen LogP contribution in [0.15, 0.2) is 18.3 Å². The Morgan fingerprint density at radius 2 is 1.73 bits per heavy atom. The van der Waals surface area contributed by atoms with Crippen molar-refractivity contribution in [1.29, 1.82) is 0 Å². The van der Waals surface area contributed by atoms with Crippen molar-refractivity contribution < 1.29 is 0 Å². The van der Waals surface area contributed by atoms with Crippen LogP contribution in [0.25, 0.3) is 10.9 Å². The lowest BCUT2D eigenvalue weighted by molar-refractivity contribution is 0.940. The van der Waals surface area contributed by atoms with E-state index >= 15 is 0 Å². The molecule has 2 heteroatoms. The van der Waals surface area contributed by atoms with Crippen LogP contribution in [0.4, 0.5) is 0 Å². The van der Waals surface area contributed by atoms with Crippen molar-refractivity contribution in [3.05, 3.63) is 39.5 Å². The van der Waals surface area contributed by atoms with Gasteiger partial charge in [0.25, 0.3) is 0 Å². The van der Waals surface area contributed by atoms with Gasteiger partial charge in [0, 0.05) is 24.1 Å². The molecule has 1 heterocycles. The summed E-state index contributed by atoms with van der Waals surface area (Å²) in [5, 5.41) is 1.23. The minimum absolute atomic E-state index is 0.990. The van der Waals surface area contributed by atoms with Crippen molar-refractivity contribution in [2.75, 3.05) is 0 Å². The van der Waals surface area contributed by atoms with E-state index in [1.165, 1.54) is 27.6 Å². The fourth-order valence-electron chi connectivity index (χ4n) is 2.00. The minimum Gasteiger partial charge on any atom is -0.350 e. The first-order valence-corrected chi connectivity index (χ1v) is 5.49. The Labute approximate surface area is 95.4 Å². The first kappa shape index (κ1) is 10.4. The van der Waals surface area contributed by atoms with Gasteiger partial charge in [-0.15, -0.1) is 0 Å². The summed E-state index contributed by atoms with van der Waals surface area (Å²) in [6.45, 7) is 6.35. The number of hydrogen-bond donors (Lipinski definition) is 0. The molecule has 0 unspecified atom stereocenters. The number of aromatic nitrogens is 1. The molecule has 1 aromatic carbocycles. The van der Waals surface area contributed by atoms with E-state index in [1.54, 1.807) is 0 Å². The number of fused-ring (bicyclic) bond motifs is 1. The van der Waals surface area contributed by atoms with Crippen molar-refractivity contribution in [3.8, 4) is 0 Å². The molecule has 0 aliphatic rings. The van der Waals surface area contributed by atoms with Gasteiger partial charge in [0.05, 0.1) is 4.51 Å². The van der Waals surface area contributed by atoms with Gasteiger partial charge >= 0.3 is 0 Å². The SMILES string of the molecule is Cc1ccc2c(c1C)c(=S)c(C)cn2C. The zero-order valence-corrected chi connectivity index (χ0v) is 10.4. The number of aryl methyl sites for hydroxylation is 4. The van der Waals surface area contributed by atoms with Crippen LogP contribution in [0.2, 0.25) is 0 Å². The maximum absolute atomic E-state index is 5.49. The van der Waals surface area contributed by atoms with Crippen molar-refractivity contribution in [2.24, 2.45) is 7.05 Å². The highest BCUT2D eigenvalue weighted by molar-refractivity contribution is 7.71. The molecule has 78 valence electrons. The Hall–Kier alpha value is -1.15. The predicted octanol–water partition coefficient (Wildman–Crippen LogP) is 3.83. The average Bonchev–Trinajstić information content (AvgIpc) is 2.19. The number of hydrogen-bond acceptors (Lipinski definition) is 1. The van der Waals surface area contributed by atoms with Gasteiger partial charge in [0.1, 0.15) is 0 Å². The van der Waals surface area contributed by atoms with Crippen LogP contribution in [0, 0.1) is 25.3 Å². The highest BCUT2D eigenvalue weighted by Gasteiger charge is 2.05. The van der Waals surface area contributed by atoms with E-state index in [1.807, 2.05) is 0 Å². The van der Waals surface area contributed by atoms with Gasteiger partial charge < -0.3 is 4.57 Å². The molecule has 1 aromatic heterocycles. The van der Waals surface area contributed by atoms with E-state index < -0.39 is 0 Å². The van der Waals surface area contributed by atoms with E-state index in [0.717, 1.165) is 4.51 Å². The second kappa shape index (κ2) is 3.46. The highest BCUT2D eigenvalue weighted by Crippen LogP contribution is 2.24. The van der Waals surface area contributed by atoms with E-state index in [-0.39, 0.29) is 0 Å². The summed E-state index contributed by atoms with van der Waals surface area (Å²) in [5.41, 5.74) is 5.00. The number of nitrogens with zero attached hydrogens (tertiary/aromatic N) is 1. The van der Waals surface area contributed by atoms with Crippen LogP contribution in [-0.2, 0) is 7.05 Å². The maximum atomic E-state index is 5.49. The van der Waals surface area contributed by atoms with E-state index in [0.29, 0.717) is 0 Å². The van der Waals surface area contributed by atoms with Gasteiger partial charge in [-0.25, -0.2) is 0 Å². The lowest BCUT2D eigenvalue weighted by atomic mass is 10.0. The fraction of sp³-hybridized carbons (Fsp3) is 0.308. The molecule has 0 fully saturated rings.